The van der Waals surface area contributed by atoms with Crippen molar-refractivity contribution in [3.63, 3.8) is 0 Å². The fraction of sp³-hybridized carbons (Fsp3) is 0.130. The monoisotopic (exact) mass is 375 g/mol. The van der Waals surface area contributed by atoms with Crippen molar-refractivity contribution in [3.8, 4) is 0 Å². The zero-order valence-electron chi connectivity index (χ0n) is 15.4. The van der Waals surface area contributed by atoms with E-state index in [1.165, 1.54) is 0 Å². The first-order valence-corrected chi connectivity index (χ1v) is 9.81. The number of rotatable bonds is 6. The zero-order valence-corrected chi connectivity index (χ0v) is 16.2. The topological polar surface area (TPSA) is 46.2 Å². The Kier molecular flexibility index (Phi) is 6.09. The Morgan fingerprint density at radius 3 is 2.37 bits per heavy atom. The summed E-state index contributed by atoms with van der Waals surface area (Å²) in [7, 11) is 0. The smallest absolute Gasteiger partial charge is 0.255 e. The van der Waals surface area contributed by atoms with Gasteiger partial charge in [-0.25, -0.2) is 0 Å². The molecule has 136 valence electrons. The van der Waals surface area contributed by atoms with Crippen molar-refractivity contribution >= 4 is 29.1 Å². The second-order valence-corrected chi connectivity index (χ2v) is 7.50. The predicted molar refractivity (Wildman–Crippen MR) is 112 cm³/mol. The number of hydrogen-bond acceptors (Lipinski definition) is 3. The Hall–Kier alpha value is -2.85. The molecule has 0 aliphatic carbocycles. The number of aryl methyl sites for hydroxylation is 1. The molecule has 3 aromatic rings. The van der Waals surface area contributed by atoms with Crippen molar-refractivity contribution < 1.29 is 9.59 Å². The fourth-order valence-corrected chi connectivity index (χ4v) is 3.51. The van der Waals surface area contributed by atoms with Crippen LogP contribution in [0.5, 0.6) is 0 Å². The maximum absolute atomic E-state index is 12.9. The van der Waals surface area contributed by atoms with Crippen LogP contribution in [0.25, 0.3) is 0 Å². The van der Waals surface area contributed by atoms with E-state index >= 15 is 0 Å². The number of carbonyl (C=O) groups excluding carboxylic acids is 2. The van der Waals surface area contributed by atoms with Gasteiger partial charge >= 0.3 is 0 Å². The van der Waals surface area contributed by atoms with Crippen molar-refractivity contribution in [2.24, 2.45) is 0 Å². The molecule has 0 atom stereocenters. The largest absolute Gasteiger partial charge is 0.321 e. The van der Waals surface area contributed by atoms with Gasteiger partial charge in [0, 0.05) is 21.6 Å². The first-order chi connectivity index (χ1) is 13.1. The van der Waals surface area contributed by atoms with Gasteiger partial charge in [0.1, 0.15) is 0 Å². The summed E-state index contributed by atoms with van der Waals surface area (Å²) in [6.45, 7) is 4.00. The summed E-state index contributed by atoms with van der Waals surface area (Å²) < 4.78 is 0. The minimum atomic E-state index is -0.223. The van der Waals surface area contributed by atoms with Crippen molar-refractivity contribution in [1.29, 1.82) is 0 Å². The standard InChI is InChI=1S/C23H21NO2S/c1-3-27-19-11-7-10-18(15-19)23(26)24-21-13-12-16(2)14-20(21)22(25)17-8-5-4-6-9-17/h4-15H,3H2,1-2H3,(H,24,26). The lowest BCUT2D eigenvalue weighted by Gasteiger charge is -2.12. The molecule has 0 saturated carbocycles. The van der Waals surface area contributed by atoms with Gasteiger partial charge in [-0.15, -0.1) is 11.8 Å². The van der Waals surface area contributed by atoms with E-state index in [9.17, 15) is 9.59 Å². The maximum atomic E-state index is 12.9. The number of anilines is 1. The van der Waals surface area contributed by atoms with Gasteiger partial charge in [-0.3, -0.25) is 9.59 Å². The predicted octanol–water partition coefficient (Wildman–Crippen LogP) is 5.59. The quantitative estimate of drug-likeness (QED) is 0.451. The van der Waals surface area contributed by atoms with Crippen LogP contribution in [0.3, 0.4) is 0 Å². The molecule has 0 fully saturated rings. The third-order valence-electron chi connectivity index (χ3n) is 4.11. The summed E-state index contributed by atoms with van der Waals surface area (Å²) in [5, 5.41) is 2.91. The number of amides is 1. The van der Waals surface area contributed by atoms with Gasteiger partial charge in [-0.2, -0.15) is 0 Å². The van der Waals surface area contributed by atoms with E-state index in [0.29, 0.717) is 22.4 Å². The maximum Gasteiger partial charge on any atom is 0.255 e. The minimum absolute atomic E-state index is 0.107. The highest BCUT2D eigenvalue weighted by Gasteiger charge is 2.16. The summed E-state index contributed by atoms with van der Waals surface area (Å²) >= 11 is 1.69. The molecule has 3 nitrogen and oxygen atoms in total. The molecule has 27 heavy (non-hydrogen) atoms. The molecule has 0 radical (unpaired) electrons. The molecule has 1 amide bonds. The molecule has 0 aliphatic heterocycles. The summed E-state index contributed by atoms with van der Waals surface area (Å²) in [5.41, 5.74) is 3.15. The summed E-state index contributed by atoms with van der Waals surface area (Å²) in [5.74, 6) is 0.614. The lowest BCUT2D eigenvalue weighted by atomic mass is 9.99. The first-order valence-electron chi connectivity index (χ1n) is 8.83. The van der Waals surface area contributed by atoms with E-state index in [-0.39, 0.29) is 11.7 Å². The Balaban J connectivity index is 1.90. The molecule has 1 N–H and O–H groups in total. The van der Waals surface area contributed by atoms with Gasteiger partial charge in [0.2, 0.25) is 0 Å². The second kappa shape index (κ2) is 8.69. The SMILES string of the molecule is CCSc1cccc(C(=O)Nc2ccc(C)cc2C(=O)c2ccccc2)c1. The summed E-state index contributed by atoms with van der Waals surface area (Å²) in [6, 6.07) is 22.1. The van der Waals surface area contributed by atoms with Crippen LogP contribution in [-0.2, 0) is 0 Å². The molecule has 3 rings (SSSR count). The van der Waals surface area contributed by atoms with Crippen LogP contribution in [0.4, 0.5) is 5.69 Å². The van der Waals surface area contributed by atoms with Crippen molar-refractivity contribution in [3.05, 3.63) is 95.1 Å². The third-order valence-corrected chi connectivity index (χ3v) is 4.99. The number of nitrogens with one attached hydrogen (secondary N) is 1. The van der Waals surface area contributed by atoms with Crippen molar-refractivity contribution in [1.82, 2.24) is 0 Å². The van der Waals surface area contributed by atoms with E-state index in [1.807, 2.05) is 55.5 Å². The molecule has 0 aromatic heterocycles. The summed E-state index contributed by atoms with van der Waals surface area (Å²) in [6.07, 6.45) is 0. The number of benzene rings is 3. The third kappa shape index (κ3) is 4.66. The van der Waals surface area contributed by atoms with Gasteiger partial charge in [-0.05, 0) is 43.0 Å². The van der Waals surface area contributed by atoms with E-state index in [1.54, 1.807) is 36.0 Å². The number of ketones is 1. The zero-order chi connectivity index (χ0) is 19.2. The van der Waals surface area contributed by atoms with Crippen LogP contribution in [-0.4, -0.2) is 17.4 Å². The van der Waals surface area contributed by atoms with Crippen LogP contribution in [0.15, 0.2) is 77.7 Å². The van der Waals surface area contributed by atoms with Crippen LogP contribution < -0.4 is 5.32 Å². The lowest BCUT2D eigenvalue weighted by Crippen LogP contribution is -2.15. The van der Waals surface area contributed by atoms with Crippen molar-refractivity contribution in [2.45, 2.75) is 18.7 Å². The molecule has 0 aliphatic rings. The van der Waals surface area contributed by atoms with E-state index in [2.05, 4.69) is 12.2 Å². The molecular formula is C23H21NO2S. The lowest BCUT2D eigenvalue weighted by molar-refractivity contribution is 0.102. The highest BCUT2D eigenvalue weighted by molar-refractivity contribution is 7.99. The summed E-state index contributed by atoms with van der Waals surface area (Å²) in [4.78, 5) is 26.7. The fourth-order valence-electron chi connectivity index (χ4n) is 2.79. The average Bonchev–Trinajstić information content (AvgIpc) is 2.70. The highest BCUT2D eigenvalue weighted by Crippen LogP contribution is 2.23. The van der Waals surface area contributed by atoms with Gasteiger partial charge in [0.15, 0.2) is 5.78 Å². The Morgan fingerprint density at radius 2 is 1.63 bits per heavy atom. The van der Waals surface area contributed by atoms with Gasteiger partial charge in [0.25, 0.3) is 5.91 Å². The Labute approximate surface area is 163 Å². The van der Waals surface area contributed by atoms with Crippen LogP contribution in [0.2, 0.25) is 0 Å². The number of carbonyl (C=O) groups is 2. The van der Waals surface area contributed by atoms with Crippen LogP contribution in [0.1, 0.15) is 38.8 Å². The Morgan fingerprint density at radius 1 is 0.889 bits per heavy atom. The highest BCUT2D eigenvalue weighted by atomic mass is 32.2. The van der Waals surface area contributed by atoms with E-state index in [4.69, 9.17) is 0 Å². The normalized spacial score (nSPS) is 10.4. The molecule has 0 heterocycles. The molecule has 0 spiro atoms. The van der Waals surface area contributed by atoms with E-state index < -0.39 is 0 Å². The molecular weight excluding hydrogens is 354 g/mol. The minimum Gasteiger partial charge on any atom is -0.321 e. The molecule has 0 unspecified atom stereocenters. The van der Waals surface area contributed by atoms with Crippen LogP contribution >= 0.6 is 11.8 Å². The van der Waals surface area contributed by atoms with Crippen LogP contribution in [0, 0.1) is 6.92 Å². The first kappa shape index (κ1) is 18.9. The van der Waals surface area contributed by atoms with Gasteiger partial charge in [-0.1, -0.05) is 55.0 Å². The van der Waals surface area contributed by atoms with Gasteiger partial charge < -0.3 is 5.32 Å². The molecule has 0 saturated heterocycles. The molecule has 3 aromatic carbocycles. The van der Waals surface area contributed by atoms with E-state index in [0.717, 1.165) is 16.2 Å². The second-order valence-electron chi connectivity index (χ2n) is 6.16. The van der Waals surface area contributed by atoms with Gasteiger partial charge in [0.05, 0.1) is 5.69 Å². The van der Waals surface area contributed by atoms with Crippen molar-refractivity contribution in [2.75, 3.05) is 11.1 Å². The molecule has 4 heteroatoms. The Bertz CT molecular complexity index is 967. The number of hydrogen-bond donors (Lipinski definition) is 1. The number of thioether (sulfide) groups is 1. The average molecular weight is 375 g/mol. The molecule has 0 bridgehead atoms.